The van der Waals surface area contributed by atoms with Gasteiger partial charge in [0, 0.05) is 6.07 Å². The van der Waals surface area contributed by atoms with E-state index in [1.165, 1.54) is 29.8 Å². The van der Waals surface area contributed by atoms with E-state index in [1.807, 2.05) is 4.68 Å². The molecule has 26 heavy (non-hydrogen) atoms. The number of aromatic nitrogens is 4. The third-order valence-electron chi connectivity index (χ3n) is 4.92. The molecule has 134 valence electrons. The molecular weight excluding hydrogens is 333 g/mol. The average Bonchev–Trinajstić information content (AvgIpc) is 3.36. The molecular formula is C19H20FN5O. The van der Waals surface area contributed by atoms with E-state index in [-0.39, 0.29) is 11.7 Å². The van der Waals surface area contributed by atoms with Crippen molar-refractivity contribution in [3.05, 3.63) is 59.8 Å². The van der Waals surface area contributed by atoms with Crippen LogP contribution in [-0.4, -0.2) is 25.5 Å². The summed E-state index contributed by atoms with van der Waals surface area (Å²) in [4.78, 5) is 12.7. The molecule has 0 atom stereocenters. The van der Waals surface area contributed by atoms with E-state index >= 15 is 0 Å². The highest BCUT2D eigenvalue weighted by molar-refractivity contribution is 6.04. The van der Waals surface area contributed by atoms with E-state index in [9.17, 15) is 9.18 Å². The van der Waals surface area contributed by atoms with Crippen LogP contribution in [0, 0.1) is 12.7 Å². The van der Waals surface area contributed by atoms with Crippen LogP contribution in [0.3, 0.4) is 0 Å². The first-order valence-corrected chi connectivity index (χ1v) is 8.79. The maximum atomic E-state index is 14.0. The summed E-state index contributed by atoms with van der Waals surface area (Å²) in [6.45, 7) is 1.75. The van der Waals surface area contributed by atoms with E-state index < -0.39 is 0 Å². The first kappa shape index (κ1) is 16.5. The summed E-state index contributed by atoms with van der Waals surface area (Å²) in [6.07, 6.45) is 7.69. The van der Waals surface area contributed by atoms with Crippen molar-refractivity contribution >= 4 is 11.7 Å². The second kappa shape index (κ2) is 6.74. The number of hydrogen-bond acceptors (Lipinski definition) is 3. The fourth-order valence-corrected chi connectivity index (χ4v) is 3.54. The number of carbonyl (C=O) groups excluding carboxylic acids is 1. The molecule has 1 saturated carbocycles. The third kappa shape index (κ3) is 2.89. The molecule has 0 radical (unpaired) electrons. The highest BCUT2D eigenvalue weighted by atomic mass is 19.1. The fraction of sp³-hybridized carbons (Fsp3) is 0.316. The SMILES string of the molecule is Cc1c(C(=O)Nc2ccnn2C2CCCC2)cnn1-c1ccccc1F. The molecule has 0 aliphatic heterocycles. The zero-order valence-corrected chi connectivity index (χ0v) is 14.5. The number of amides is 1. The number of benzene rings is 1. The van der Waals surface area contributed by atoms with Crippen molar-refractivity contribution in [2.45, 2.75) is 38.6 Å². The lowest BCUT2D eigenvalue weighted by molar-refractivity contribution is 0.102. The molecule has 1 aliphatic carbocycles. The lowest BCUT2D eigenvalue weighted by Gasteiger charge is -2.14. The summed E-state index contributed by atoms with van der Waals surface area (Å²) in [6, 6.07) is 8.49. The highest BCUT2D eigenvalue weighted by Gasteiger charge is 2.22. The van der Waals surface area contributed by atoms with Gasteiger partial charge in [-0.15, -0.1) is 0 Å². The highest BCUT2D eigenvalue weighted by Crippen LogP contribution is 2.31. The molecule has 2 aromatic heterocycles. The first-order valence-electron chi connectivity index (χ1n) is 8.79. The van der Waals surface area contributed by atoms with E-state index in [0.717, 1.165) is 12.8 Å². The molecule has 2 heterocycles. The Labute approximate surface area is 150 Å². The summed E-state index contributed by atoms with van der Waals surface area (Å²) >= 11 is 0. The number of halogens is 1. The molecule has 1 aliphatic rings. The van der Waals surface area contributed by atoms with Gasteiger partial charge in [0.1, 0.15) is 17.3 Å². The normalized spacial score (nSPS) is 14.7. The van der Waals surface area contributed by atoms with Gasteiger partial charge in [-0.2, -0.15) is 10.2 Å². The van der Waals surface area contributed by atoms with Crippen LogP contribution >= 0.6 is 0 Å². The summed E-state index contributed by atoms with van der Waals surface area (Å²) in [5, 5.41) is 11.5. The van der Waals surface area contributed by atoms with Gasteiger partial charge in [0.15, 0.2) is 0 Å². The van der Waals surface area contributed by atoms with Gasteiger partial charge < -0.3 is 5.32 Å². The van der Waals surface area contributed by atoms with Crippen LogP contribution in [0.1, 0.15) is 47.8 Å². The van der Waals surface area contributed by atoms with Gasteiger partial charge in [-0.05, 0) is 31.9 Å². The van der Waals surface area contributed by atoms with E-state index in [0.29, 0.717) is 28.8 Å². The van der Waals surface area contributed by atoms with Crippen molar-refractivity contribution in [3.63, 3.8) is 0 Å². The molecule has 7 heteroatoms. The summed E-state index contributed by atoms with van der Waals surface area (Å²) in [5.74, 6) is 0.0229. The van der Waals surface area contributed by atoms with Crippen molar-refractivity contribution in [1.29, 1.82) is 0 Å². The van der Waals surface area contributed by atoms with Crippen molar-refractivity contribution in [3.8, 4) is 5.69 Å². The largest absolute Gasteiger partial charge is 0.307 e. The quantitative estimate of drug-likeness (QED) is 0.774. The Morgan fingerprint density at radius 2 is 1.96 bits per heavy atom. The van der Waals surface area contributed by atoms with Crippen molar-refractivity contribution in [2.75, 3.05) is 5.32 Å². The minimum Gasteiger partial charge on any atom is -0.307 e. The standard InChI is InChI=1S/C19H20FN5O/c1-13-15(12-22-24(13)17-9-5-4-8-16(17)20)19(26)23-18-10-11-21-25(18)14-6-2-3-7-14/h4-5,8-12,14H,2-3,6-7H2,1H3,(H,23,26). The van der Waals surface area contributed by atoms with Gasteiger partial charge in [0.25, 0.3) is 5.91 Å². The fourth-order valence-electron chi connectivity index (χ4n) is 3.54. The van der Waals surface area contributed by atoms with Crippen LogP contribution in [0.5, 0.6) is 0 Å². The molecule has 0 spiro atoms. The van der Waals surface area contributed by atoms with Gasteiger partial charge in [0.2, 0.25) is 0 Å². The Hall–Kier alpha value is -2.96. The Balaban J connectivity index is 1.59. The molecule has 0 saturated heterocycles. The Morgan fingerprint density at radius 1 is 1.19 bits per heavy atom. The lowest BCUT2D eigenvalue weighted by atomic mass is 10.2. The second-order valence-corrected chi connectivity index (χ2v) is 6.56. The molecule has 1 aromatic carbocycles. The van der Waals surface area contributed by atoms with Crippen molar-refractivity contribution < 1.29 is 9.18 Å². The summed E-state index contributed by atoms with van der Waals surface area (Å²) in [5.41, 5.74) is 1.31. The zero-order chi connectivity index (χ0) is 18.1. The van der Waals surface area contributed by atoms with E-state index in [1.54, 1.807) is 37.4 Å². The number of hydrogen-bond donors (Lipinski definition) is 1. The molecule has 3 aromatic rings. The number of carbonyl (C=O) groups is 1. The molecule has 4 rings (SSSR count). The molecule has 1 fully saturated rings. The molecule has 0 unspecified atom stereocenters. The van der Waals surface area contributed by atoms with Crippen LogP contribution < -0.4 is 5.32 Å². The second-order valence-electron chi connectivity index (χ2n) is 6.56. The number of nitrogens with zero attached hydrogens (tertiary/aromatic N) is 4. The van der Waals surface area contributed by atoms with Gasteiger partial charge in [-0.1, -0.05) is 25.0 Å². The van der Waals surface area contributed by atoms with Gasteiger partial charge in [-0.3, -0.25) is 4.79 Å². The predicted molar refractivity (Wildman–Crippen MR) is 95.9 cm³/mol. The monoisotopic (exact) mass is 353 g/mol. The predicted octanol–water partition coefficient (Wildman–Crippen LogP) is 3.88. The van der Waals surface area contributed by atoms with Crippen molar-refractivity contribution in [1.82, 2.24) is 19.6 Å². The maximum Gasteiger partial charge on any atom is 0.260 e. The van der Waals surface area contributed by atoms with Crippen LogP contribution in [0.25, 0.3) is 5.69 Å². The lowest BCUT2D eigenvalue weighted by Crippen LogP contribution is -2.18. The van der Waals surface area contributed by atoms with Crippen LogP contribution in [-0.2, 0) is 0 Å². The summed E-state index contributed by atoms with van der Waals surface area (Å²) in [7, 11) is 0. The van der Waals surface area contributed by atoms with E-state index in [4.69, 9.17) is 0 Å². The third-order valence-corrected chi connectivity index (χ3v) is 4.92. The number of anilines is 1. The Bertz CT molecular complexity index is 939. The maximum absolute atomic E-state index is 14.0. The number of para-hydroxylation sites is 1. The van der Waals surface area contributed by atoms with Gasteiger partial charge in [-0.25, -0.2) is 13.8 Å². The van der Waals surface area contributed by atoms with Crippen molar-refractivity contribution in [2.24, 2.45) is 0 Å². The number of nitrogens with one attached hydrogen (secondary N) is 1. The topological polar surface area (TPSA) is 64.7 Å². The minimum atomic E-state index is -0.384. The minimum absolute atomic E-state index is 0.273. The van der Waals surface area contributed by atoms with Gasteiger partial charge in [0.05, 0.1) is 29.7 Å². The average molecular weight is 353 g/mol. The molecule has 6 nitrogen and oxygen atoms in total. The van der Waals surface area contributed by atoms with E-state index in [2.05, 4.69) is 15.5 Å². The Kier molecular flexibility index (Phi) is 4.28. The summed E-state index contributed by atoms with van der Waals surface area (Å²) < 4.78 is 17.4. The van der Waals surface area contributed by atoms with Crippen LogP contribution in [0.4, 0.5) is 10.2 Å². The number of rotatable bonds is 4. The first-order chi connectivity index (χ1) is 12.6. The molecule has 0 bridgehead atoms. The van der Waals surface area contributed by atoms with Gasteiger partial charge >= 0.3 is 0 Å². The zero-order valence-electron chi connectivity index (χ0n) is 14.5. The van der Waals surface area contributed by atoms with Crippen LogP contribution in [0.2, 0.25) is 0 Å². The Morgan fingerprint density at radius 3 is 2.73 bits per heavy atom. The van der Waals surface area contributed by atoms with Crippen LogP contribution in [0.15, 0.2) is 42.7 Å². The molecule has 1 amide bonds. The smallest absolute Gasteiger partial charge is 0.260 e. The molecule has 1 N–H and O–H groups in total.